The van der Waals surface area contributed by atoms with Gasteiger partial charge in [0.05, 0.1) is 5.69 Å². The van der Waals surface area contributed by atoms with E-state index in [0.29, 0.717) is 12.0 Å². The predicted molar refractivity (Wildman–Crippen MR) is 139 cm³/mol. The molecule has 6 unspecified atom stereocenters. The third-order valence-electron chi connectivity index (χ3n) is 8.01. The second kappa shape index (κ2) is 9.88. The van der Waals surface area contributed by atoms with E-state index in [1.165, 1.54) is 12.1 Å². The number of esters is 1. The van der Waals surface area contributed by atoms with Crippen molar-refractivity contribution in [2.24, 2.45) is 23.7 Å². The van der Waals surface area contributed by atoms with Crippen molar-refractivity contribution in [3.05, 3.63) is 90.3 Å². The van der Waals surface area contributed by atoms with Crippen LogP contribution in [0, 0.1) is 29.5 Å². The molecule has 1 aliphatic heterocycles. The first-order valence-corrected chi connectivity index (χ1v) is 12.6. The fourth-order valence-electron chi connectivity index (χ4n) is 5.96. The van der Waals surface area contributed by atoms with E-state index in [0.717, 1.165) is 16.8 Å². The number of halogens is 1. The molecular formula is C30H30FN3O3. The second-order valence-electron chi connectivity index (χ2n) is 10.3. The van der Waals surface area contributed by atoms with Crippen molar-refractivity contribution in [3.8, 4) is 11.1 Å². The number of amides is 1. The molecule has 0 spiro atoms. The average molecular weight is 500 g/mol. The van der Waals surface area contributed by atoms with Crippen molar-refractivity contribution in [1.29, 1.82) is 0 Å². The molecule has 1 saturated carbocycles. The topological polar surface area (TPSA) is 81.2 Å². The molecule has 6 atom stereocenters. The van der Waals surface area contributed by atoms with E-state index in [1.807, 2.05) is 31.2 Å². The summed E-state index contributed by atoms with van der Waals surface area (Å²) in [6, 6.07) is 13.5. The van der Waals surface area contributed by atoms with Crippen LogP contribution in [0.4, 0.5) is 4.39 Å². The highest BCUT2D eigenvalue weighted by Crippen LogP contribution is 2.51. The van der Waals surface area contributed by atoms with E-state index in [4.69, 9.17) is 4.74 Å². The molecular weight excluding hydrogens is 469 g/mol. The minimum absolute atomic E-state index is 0.0207. The lowest BCUT2D eigenvalue weighted by atomic mass is 9.58. The molecule has 1 amide bonds. The van der Waals surface area contributed by atoms with Gasteiger partial charge in [-0.15, -0.1) is 0 Å². The van der Waals surface area contributed by atoms with Gasteiger partial charge >= 0.3 is 5.97 Å². The largest absolute Gasteiger partial charge is 0.460 e. The first kappa shape index (κ1) is 24.8. The van der Waals surface area contributed by atoms with Crippen molar-refractivity contribution in [3.63, 3.8) is 0 Å². The van der Waals surface area contributed by atoms with E-state index in [9.17, 15) is 14.0 Å². The number of aromatic nitrogens is 2. The lowest BCUT2D eigenvalue weighted by molar-refractivity contribution is -0.146. The maximum Gasteiger partial charge on any atom is 0.332 e. The summed E-state index contributed by atoms with van der Waals surface area (Å²) in [7, 11) is 0. The van der Waals surface area contributed by atoms with E-state index < -0.39 is 5.54 Å². The molecule has 37 heavy (non-hydrogen) atoms. The number of carbonyl (C=O) groups excluding carboxylic acids is 2. The third kappa shape index (κ3) is 4.66. The number of nitrogens with one attached hydrogen (secondary N) is 1. The van der Waals surface area contributed by atoms with E-state index in [1.54, 1.807) is 36.8 Å². The van der Waals surface area contributed by atoms with Gasteiger partial charge < -0.3 is 10.1 Å². The quantitative estimate of drug-likeness (QED) is 0.481. The summed E-state index contributed by atoms with van der Waals surface area (Å²) in [6.45, 7) is 6.20. The van der Waals surface area contributed by atoms with Crippen LogP contribution in [-0.2, 0) is 9.53 Å². The van der Waals surface area contributed by atoms with Crippen LogP contribution in [0.2, 0.25) is 0 Å². The fourth-order valence-corrected chi connectivity index (χ4v) is 5.96. The Hall–Kier alpha value is -3.87. The molecule has 1 N–H and O–H groups in total. The van der Waals surface area contributed by atoms with Crippen LogP contribution in [0.25, 0.3) is 17.2 Å². The molecule has 0 bridgehead atoms. The smallest absolute Gasteiger partial charge is 0.332 e. The zero-order valence-electron chi connectivity index (χ0n) is 21.1. The molecule has 6 nitrogen and oxygen atoms in total. The SMILES string of the molecule is CC1CC2(NC(=O)c3ccncc3)C(=O)OC(C)C2C(/C=C/c2ccc(-c3cccc(F)c3)cn2)C1C. The average Bonchev–Trinajstić information content (AvgIpc) is 3.13. The van der Waals surface area contributed by atoms with Crippen molar-refractivity contribution in [1.82, 2.24) is 15.3 Å². The van der Waals surface area contributed by atoms with Crippen LogP contribution < -0.4 is 5.32 Å². The number of pyridine rings is 2. The summed E-state index contributed by atoms with van der Waals surface area (Å²) in [5.41, 5.74) is 1.71. The lowest BCUT2D eigenvalue weighted by Gasteiger charge is -2.47. The Kier molecular flexibility index (Phi) is 6.63. The minimum atomic E-state index is -1.10. The summed E-state index contributed by atoms with van der Waals surface area (Å²) in [5, 5.41) is 3.08. The first-order valence-electron chi connectivity index (χ1n) is 12.6. The molecule has 2 fully saturated rings. The van der Waals surface area contributed by atoms with Crippen molar-refractivity contribution in [2.45, 2.75) is 38.8 Å². The molecule has 1 aliphatic carbocycles. The molecule has 2 aliphatic rings. The summed E-state index contributed by atoms with van der Waals surface area (Å²) < 4.78 is 19.4. The number of fused-ring (bicyclic) bond motifs is 1. The first-order chi connectivity index (χ1) is 17.8. The second-order valence-corrected chi connectivity index (χ2v) is 10.3. The van der Waals surface area contributed by atoms with Crippen LogP contribution in [0.15, 0.2) is 73.2 Å². The molecule has 1 saturated heterocycles. The molecule has 3 aromatic rings. The van der Waals surface area contributed by atoms with Gasteiger partial charge in [-0.25, -0.2) is 9.18 Å². The van der Waals surface area contributed by atoms with Gasteiger partial charge in [-0.3, -0.25) is 14.8 Å². The summed E-state index contributed by atoms with van der Waals surface area (Å²) in [4.78, 5) is 34.9. The molecule has 5 rings (SSSR count). The number of hydrogen-bond acceptors (Lipinski definition) is 5. The standard InChI is InChI=1S/C30H30FN3O3/c1-18-16-30(34-28(35)21-11-13-32-14-12-21)27(20(3)37-29(30)36)26(19(18)2)10-9-25-8-7-23(17-33-25)22-5-4-6-24(31)15-22/h4-15,17-20,26-27H,16H2,1-3H3,(H,34,35)/b10-9+. The highest BCUT2D eigenvalue weighted by molar-refractivity contribution is 5.99. The maximum atomic E-state index is 13.6. The van der Waals surface area contributed by atoms with E-state index in [-0.39, 0.29) is 47.5 Å². The molecule has 3 heterocycles. The van der Waals surface area contributed by atoms with Crippen molar-refractivity contribution >= 4 is 18.0 Å². The number of nitrogens with zero attached hydrogens (tertiary/aromatic N) is 2. The summed E-state index contributed by atoms with van der Waals surface area (Å²) >= 11 is 0. The van der Waals surface area contributed by atoms with Gasteiger partial charge in [-0.2, -0.15) is 0 Å². The van der Waals surface area contributed by atoms with Crippen LogP contribution in [0.1, 0.15) is 43.2 Å². The number of allylic oxidation sites excluding steroid dienone is 1. The summed E-state index contributed by atoms with van der Waals surface area (Å²) in [5.74, 6) is -0.781. The van der Waals surface area contributed by atoms with Gasteiger partial charge in [0.15, 0.2) is 0 Å². The highest BCUT2D eigenvalue weighted by atomic mass is 19.1. The molecule has 1 aromatic carbocycles. The van der Waals surface area contributed by atoms with Crippen LogP contribution in [-0.4, -0.2) is 33.5 Å². The van der Waals surface area contributed by atoms with Gasteiger partial charge in [-0.05, 0) is 73.1 Å². The number of carbonyl (C=O) groups is 2. The minimum Gasteiger partial charge on any atom is -0.460 e. The number of cyclic esters (lactones) is 1. The van der Waals surface area contributed by atoms with E-state index >= 15 is 0 Å². The van der Waals surface area contributed by atoms with Gasteiger partial charge in [0.25, 0.3) is 5.91 Å². The Morgan fingerprint density at radius 3 is 2.59 bits per heavy atom. The number of hydrogen-bond donors (Lipinski definition) is 1. The Labute approximate surface area is 216 Å². The fraction of sp³-hybridized carbons (Fsp3) is 0.333. The number of rotatable bonds is 5. The van der Waals surface area contributed by atoms with Crippen molar-refractivity contribution < 1.29 is 18.7 Å². The van der Waals surface area contributed by atoms with Gasteiger partial charge in [0.2, 0.25) is 0 Å². The maximum absolute atomic E-state index is 13.6. The Morgan fingerprint density at radius 1 is 1.11 bits per heavy atom. The van der Waals surface area contributed by atoms with Crippen LogP contribution in [0.3, 0.4) is 0 Å². The molecule has 7 heteroatoms. The zero-order chi connectivity index (χ0) is 26.2. The van der Waals surface area contributed by atoms with E-state index in [2.05, 4.69) is 35.2 Å². The molecule has 2 aromatic heterocycles. The molecule has 0 radical (unpaired) electrons. The summed E-state index contributed by atoms with van der Waals surface area (Å²) in [6.07, 6.45) is 9.07. The van der Waals surface area contributed by atoms with Gasteiger partial charge in [-0.1, -0.05) is 38.1 Å². The predicted octanol–water partition coefficient (Wildman–Crippen LogP) is 5.32. The molecule has 190 valence electrons. The monoisotopic (exact) mass is 499 g/mol. The number of ether oxygens (including phenoxy) is 1. The van der Waals surface area contributed by atoms with Crippen molar-refractivity contribution in [2.75, 3.05) is 0 Å². The Balaban J connectivity index is 1.43. The Bertz CT molecular complexity index is 1330. The van der Waals surface area contributed by atoms with Crippen LogP contribution in [0.5, 0.6) is 0 Å². The third-order valence-corrected chi connectivity index (χ3v) is 8.01. The Morgan fingerprint density at radius 2 is 1.89 bits per heavy atom. The zero-order valence-corrected chi connectivity index (χ0v) is 21.1. The highest BCUT2D eigenvalue weighted by Gasteiger charge is 2.63. The lowest BCUT2D eigenvalue weighted by Crippen LogP contribution is -2.62. The van der Waals surface area contributed by atoms with Gasteiger partial charge in [0.1, 0.15) is 17.5 Å². The number of benzene rings is 1. The van der Waals surface area contributed by atoms with Crippen LogP contribution >= 0.6 is 0 Å². The normalized spacial score (nSPS) is 29.1. The van der Waals surface area contributed by atoms with Gasteiger partial charge in [0, 0.05) is 35.6 Å².